The van der Waals surface area contributed by atoms with E-state index in [2.05, 4.69) is 42.3 Å². The molecule has 0 bridgehead atoms. The second-order valence-electron chi connectivity index (χ2n) is 5.29. The van der Waals surface area contributed by atoms with E-state index in [4.69, 9.17) is 0 Å². The van der Waals surface area contributed by atoms with Crippen molar-refractivity contribution in [2.45, 2.75) is 13.8 Å². The van der Waals surface area contributed by atoms with Gasteiger partial charge in [0.05, 0.1) is 10.6 Å². The Morgan fingerprint density at radius 3 is 2.57 bits per heavy atom. The summed E-state index contributed by atoms with van der Waals surface area (Å²) in [5.41, 5.74) is 5.29. The second kappa shape index (κ2) is 6.18. The molecule has 0 saturated heterocycles. The van der Waals surface area contributed by atoms with Crippen molar-refractivity contribution in [3.63, 3.8) is 0 Å². The van der Waals surface area contributed by atoms with Crippen molar-refractivity contribution >= 4 is 27.8 Å². The predicted molar refractivity (Wildman–Crippen MR) is 93.4 cm³/mol. The van der Waals surface area contributed by atoms with Crippen molar-refractivity contribution in [1.82, 2.24) is 4.98 Å². The lowest BCUT2D eigenvalue weighted by Gasteiger charge is -2.04. The van der Waals surface area contributed by atoms with Crippen LogP contribution < -0.4 is 5.32 Å². The minimum atomic E-state index is -0.411. The third kappa shape index (κ3) is 3.37. The Hall–Kier alpha value is -2.73. The first kappa shape index (κ1) is 15.2. The average Bonchev–Trinajstić information content (AvgIpc) is 2.98. The van der Waals surface area contributed by atoms with Crippen LogP contribution in [0.3, 0.4) is 0 Å². The van der Waals surface area contributed by atoms with Gasteiger partial charge in [-0.2, -0.15) is 0 Å². The molecular weight excluding hydrogens is 310 g/mol. The van der Waals surface area contributed by atoms with Crippen molar-refractivity contribution < 1.29 is 4.92 Å². The lowest BCUT2D eigenvalue weighted by molar-refractivity contribution is -0.384. The number of non-ortho nitro benzene ring substituents is 1. The minimum absolute atomic E-state index is 0.0748. The zero-order valence-electron chi connectivity index (χ0n) is 12.7. The van der Waals surface area contributed by atoms with Gasteiger partial charge in [0.1, 0.15) is 0 Å². The number of hydrogen-bond acceptors (Lipinski definition) is 5. The summed E-state index contributed by atoms with van der Waals surface area (Å²) in [6, 6.07) is 12.6. The summed E-state index contributed by atoms with van der Waals surface area (Å²) >= 11 is 1.51. The summed E-state index contributed by atoms with van der Waals surface area (Å²) in [7, 11) is 0. The fourth-order valence-electron chi connectivity index (χ4n) is 2.26. The van der Waals surface area contributed by atoms with Gasteiger partial charge in [0.15, 0.2) is 5.13 Å². The number of anilines is 2. The van der Waals surface area contributed by atoms with Gasteiger partial charge in [-0.05, 0) is 37.6 Å². The number of aryl methyl sites for hydroxylation is 2. The van der Waals surface area contributed by atoms with Gasteiger partial charge in [0.25, 0.3) is 5.69 Å². The third-order valence-electron chi connectivity index (χ3n) is 3.50. The topological polar surface area (TPSA) is 68.1 Å². The molecule has 0 fully saturated rings. The van der Waals surface area contributed by atoms with Crippen LogP contribution in [0.2, 0.25) is 0 Å². The molecule has 0 atom stereocenters. The normalized spacial score (nSPS) is 10.5. The molecule has 1 N–H and O–H groups in total. The van der Waals surface area contributed by atoms with Crippen molar-refractivity contribution in [2.24, 2.45) is 0 Å². The summed E-state index contributed by atoms with van der Waals surface area (Å²) in [6.45, 7) is 4.13. The fourth-order valence-corrected chi connectivity index (χ4v) is 2.99. The van der Waals surface area contributed by atoms with Gasteiger partial charge in [-0.1, -0.05) is 17.7 Å². The SMILES string of the molecule is Cc1ccc(C)c(-c2csc(Nc3ccc([N+](=O)[O-])cc3)n2)c1. The first-order valence-corrected chi connectivity index (χ1v) is 7.95. The van der Waals surface area contributed by atoms with Crippen LogP contribution in [0.5, 0.6) is 0 Å². The summed E-state index contributed by atoms with van der Waals surface area (Å²) in [5, 5.41) is 16.6. The minimum Gasteiger partial charge on any atom is -0.332 e. The van der Waals surface area contributed by atoms with E-state index in [1.807, 2.05) is 5.38 Å². The molecule has 3 aromatic rings. The van der Waals surface area contributed by atoms with E-state index >= 15 is 0 Å². The molecule has 6 heteroatoms. The zero-order valence-corrected chi connectivity index (χ0v) is 13.6. The molecule has 3 rings (SSSR count). The van der Waals surface area contributed by atoms with Crippen LogP contribution in [0, 0.1) is 24.0 Å². The maximum Gasteiger partial charge on any atom is 0.269 e. The maximum absolute atomic E-state index is 10.7. The molecule has 2 aromatic carbocycles. The molecule has 0 aliphatic rings. The Morgan fingerprint density at radius 2 is 1.87 bits per heavy atom. The monoisotopic (exact) mass is 325 g/mol. The number of hydrogen-bond donors (Lipinski definition) is 1. The Bertz CT molecular complexity index is 857. The van der Waals surface area contributed by atoms with Gasteiger partial charge in [-0.15, -0.1) is 11.3 Å². The van der Waals surface area contributed by atoms with Crippen molar-refractivity contribution in [1.29, 1.82) is 0 Å². The number of rotatable bonds is 4. The molecule has 23 heavy (non-hydrogen) atoms. The molecule has 0 aliphatic heterocycles. The van der Waals surface area contributed by atoms with E-state index in [0.29, 0.717) is 0 Å². The van der Waals surface area contributed by atoms with Crippen LogP contribution >= 0.6 is 11.3 Å². The van der Waals surface area contributed by atoms with Gasteiger partial charge < -0.3 is 5.32 Å². The summed E-state index contributed by atoms with van der Waals surface area (Å²) in [5.74, 6) is 0. The Morgan fingerprint density at radius 1 is 1.13 bits per heavy atom. The van der Waals surface area contributed by atoms with Gasteiger partial charge in [-0.3, -0.25) is 10.1 Å². The molecule has 0 amide bonds. The highest BCUT2D eigenvalue weighted by molar-refractivity contribution is 7.14. The number of nitrogens with one attached hydrogen (secondary N) is 1. The summed E-state index contributed by atoms with van der Waals surface area (Å²) in [6.07, 6.45) is 0. The summed E-state index contributed by atoms with van der Waals surface area (Å²) in [4.78, 5) is 14.9. The average molecular weight is 325 g/mol. The summed E-state index contributed by atoms with van der Waals surface area (Å²) < 4.78 is 0. The van der Waals surface area contributed by atoms with Crippen LogP contribution in [-0.2, 0) is 0 Å². The fraction of sp³-hybridized carbons (Fsp3) is 0.118. The highest BCUT2D eigenvalue weighted by Gasteiger charge is 2.09. The zero-order chi connectivity index (χ0) is 16.4. The second-order valence-corrected chi connectivity index (χ2v) is 6.14. The van der Waals surface area contributed by atoms with Gasteiger partial charge in [-0.25, -0.2) is 4.98 Å². The number of nitrogens with zero attached hydrogens (tertiary/aromatic N) is 2. The van der Waals surface area contributed by atoms with Crippen LogP contribution in [0.15, 0.2) is 47.8 Å². The maximum atomic E-state index is 10.7. The van der Waals surface area contributed by atoms with E-state index in [1.54, 1.807) is 12.1 Å². The molecule has 1 heterocycles. The van der Waals surface area contributed by atoms with E-state index in [1.165, 1.54) is 34.6 Å². The van der Waals surface area contributed by atoms with Crippen molar-refractivity contribution in [3.05, 3.63) is 69.1 Å². The van der Waals surface area contributed by atoms with E-state index < -0.39 is 4.92 Å². The van der Waals surface area contributed by atoms with Gasteiger partial charge in [0, 0.05) is 28.8 Å². The lowest BCUT2D eigenvalue weighted by atomic mass is 10.0. The number of benzene rings is 2. The molecule has 0 spiro atoms. The molecular formula is C17H15N3O2S. The Labute approximate surface area is 137 Å². The molecule has 116 valence electrons. The van der Waals surface area contributed by atoms with E-state index in [0.717, 1.165) is 22.1 Å². The third-order valence-corrected chi connectivity index (χ3v) is 4.26. The molecule has 1 aromatic heterocycles. The van der Waals surface area contributed by atoms with Crippen LogP contribution in [-0.4, -0.2) is 9.91 Å². The lowest BCUT2D eigenvalue weighted by Crippen LogP contribution is -1.92. The first-order chi connectivity index (χ1) is 11.0. The molecule has 0 radical (unpaired) electrons. The highest BCUT2D eigenvalue weighted by Crippen LogP contribution is 2.30. The van der Waals surface area contributed by atoms with Gasteiger partial charge in [0.2, 0.25) is 0 Å². The standard InChI is InChI=1S/C17H15N3O2S/c1-11-3-4-12(2)15(9-11)16-10-23-17(19-16)18-13-5-7-14(8-6-13)20(21)22/h3-10H,1-2H3,(H,18,19). The smallest absolute Gasteiger partial charge is 0.269 e. The van der Waals surface area contributed by atoms with E-state index in [9.17, 15) is 10.1 Å². The van der Waals surface area contributed by atoms with Crippen molar-refractivity contribution in [2.75, 3.05) is 5.32 Å². The van der Waals surface area contributed by atoms with Crippen LogP contribution in [0.4, 0.5) is 16.5 Å². The Balaban J connectivity index is 1.82. The largest absolute Gasteiger partial charge is 0.332 e. The highest BCUT2D eigenvalue weighted by atomic mass is 32.1. The van der Waals surface area contributed by atoms with Crippen molar-refractivity contribution in [3.8, 4) is 11.3 Å². The van der Waals surface area contributed by atoms with Crippen LogP contribution in [0.25, 0.3) is 11.3 Å². The molecule has 0 saturated carbocycles. The molecule has 0 unspecified atom stereocenters. The predicted octanol–water partition coefficient (Wildman–Crippen LogP) is 5.08. The number of nitro benzene ring substituents is 1. The van der Waals surface area contributed by atoms with E-state index in [-0.39, 0.29) is 5.69 Å². The molecule has 5 nitrogen and oxygen atoms in total. The first-order valence-electron chi connectivity index (χ1n) is 7.07. The molecule has 0 aliphatic carbocycles. The number of nitro groups is 1. The number of thiazole rings is 1. The number of aromatic nitrogens is 1. The van der Waals surface area contributed by atoms with Crippen LogP contribution in [0.1, 0.15) is 11.1 Å². The quantitative estimate of drug-likeness (QED) is 0.536. The van der Waals surface area contributed by atoms with Gasteiger partial charge >= 0.3 is 0 Å². The Kier molecular flexibility index (Phi) is 4.08.